The van der Waals surface area contributed by atoms with E-state index < -0.39 is 0 Å². The van der Waals surface area contributed by atoms with Gasteiger partial charge in [0, 0.05) is 6.08 Å². The maximum absolute atomic E-state index is 12.2. The molecule has 0 saturated heterocycles. The second kappa shape index (κ2) is 10.8. The van der Waals surface area contributed by atoms with Crippen LogP contribution in [0.2, 0.25) is 0 Å². The molecule has 0 aromatic heterocycles. The Hall–Kier alpha value is -4.39. The van der Waals surface area contributed by atoms with Crippen LogP contribution in [0.4, 0.5) is 5.69 Å². The summed E-state index contributed by atoms with van der Waals surface area (Å²) in [5.74, 6) is 1.29. The second-order valence-electron chi connectivity index (χ2n) is 6.98. The minimum absolute atomic E-state index is 0.0616. The average molecular weight is 447 g/mol. The first-order chi connectivity index (χ1) is 15.9. The van der Waals surface area contributed by atoms with E-state index in [4.69, 9.17) is 14.2 Å². The van der Waals surface area contributed by atoms with E-state index in [1.54, 1.807) is 57.7 Å². The zero-order valence-corrected chi connectivity index (χ0v) is 18.5. The topological polar surface area (TPSA) is 97.3 Å². The molecule has 0 bridgehead atoms. The highest BCUT2D eigenvalue weighted by atomic mass is 16.5. The minimum atomic E-state index is -0.390. The molecular formula is C26H25NO6. The number of ether oxygens (including phenoxy) is 3. The third kappa shape index (κ3) is 6.07. The number of amides is 1. The molecule has 0 atom stereocenters. The highest BCUT2D eigenvalue weighted by Crippen LogP contribution is 2.38. The Bertz CT molecular complexity index is 1160. The van der Waals surface area contributed by atoms with Crippen molar-refractivity contribution in [2.45, 2.75) is 0 Å². The molecule has 33 heavy (non-hydrogen) atoms. The van der Waals surface area contributed by atoms with Crippen molar-refractivity contribution >= 4 is 29.8 Å². The largest absolute Gasteiger partial charge is 0.508 e. The summed E-state index contributed by atoms with van der Waals surface area (Å²) in [6, 6.07) is 15.0. The van der Waals surface area contributed by atoms with E-state index in [0.29, 0.717) is 22.9 Å². The molecule has 0 spiro atoms. The zero-order valence-electron chi connectivity index (χ0n) is 18.5. The van der Waals surface area contributed by atoms with E-state index in [-0.39, 0.29) is 17.4 Å². The van der Waals surface area contributed by atoms with Crippen LogP contribution in [0.1, 0.15) is 16.7 Å². The number of phenolic OH excluding ortho intramolecular Hbond substituents is 2. The molecule has 170 valence electrons. The molecule has 3 rings (SSSR count). The van der Waals surface area contributed by atoms with E-state index in [0.717, 1.165) is 16.7 Å². The number of hydrogen-bond donors (Lipinski definition) is 3. The molecule has 7 nitrogen and oxygen atoms in total. The maximum Gasteiger partial charge on any atom is 0.248 e. The van der Waals surface area contributed by atoms with Gasteiger partial charge in [-0.1, -0.05) is 30.4 Å². The van der Waals surface area contributed by atoms with Gasteiger partial charge >= 0.3 is 0 Å². The lowest BCUT2D eigenvalue weighted by molar-refractivity contribution is -0.111. The number of anilines is 1. The molecule has 1 amide bonds. The third-order valence-corrected chi connectivity index (χ3v) is 4.76. The number of rotatable bonds is 8. The Labute approximate surface area is 192 Å². The number of aromatic hydroxyl groups is 2. The van der Waals surface area contributed by atoms with Crippen molar-refractivity contribution in [3.8, 4) is 28.7 Å². The van der Waals surface area contributed by atoms with Crippen LogP contribution in [0.25, 0.3) is 18.2 Å². The fraction of sp³-hybridized carbons (Fsp3) is 0.115. The Morgan fingerprint density at radius 1 is 0.758 bits per heavy atom. The van der Waals surface area contributed by atoms with Crippen molar-refractivity contribution < 1.29 is 29.2 Å². The monoisotopic (exact) mass is 447 g/mol. The van der Waals surface area contributed by atoms with Gasteiger partial charge in [0.1, 0.15) is 11.5 Å². The van der Waals surface area contributed by atoms with Crippen molar-refractivity contribution in [3.05, 3.63) is 77.4 Å². The molecular weight excluding hydrogens is 422 g/mol. The lowest BCUT2D eigenvalue weighted by atomic mass is 10.1. The molecule has 0 saturated carbocycles. The number of carbonyl (C=O) groups excluding carboxylic acids is 1. The first kappa shape index (κ1) is 23.3. The lowest BCUT2D eigenvalue weighted by Gasteiger charge is -2.12. The Kier molecular flexibility index (Phi) is 7.60. The van der Waals surface area contributed by atoms with Crippen LogP contribution in [-0.2, 0) is 4.79 Å². The molecule has 0 aliphatic heterocycles. The number of nitrogens with one attached hydrogen (secondary N) is 1. The average Bonchev–Trinajstić information content (AvgIpc) is 2.83. The van der Waals surface area contributed by atoms with Crippen molar-refractivity contribution in [1.82, 2.24) is 0 Å². The predicted octanol–water partition coefficient (Wildman–Crippen LogP) is 4.95. The molecule has 0 aliphatic carbocycles. The Balaban J connectivity index is 1.71. The minimum Gasteiger partial charge on any atom is -0.508 e. The van der Waals surface area contributed by atoms with E-state index in [9.17, 15) is 15.0 Å². The maximum atomic E-state index is 12.2. The number of phenols is 2. The lowest BCUT2D eigenvalue weighted by Crippen LogP contribution is -2.07. The molecule has 3 aromatic rings. The summed E-state index contributed by atoms with van der Waals surface area (Å²) in [5.41, 5.74) is 2.61. The summed E-state index contributed by atoms with van der Waals surface area (Å²) in [6.45, 7) is 0. The quantitative estimate of drug-likeness (QED) is 0.257. The summed E-state index contributed by atoms with van der Waals surface area (Å²) in [7, 11) is 4.65. The van der Waals surface area contributed by atoms with Crippen LogP contribution in [0, 0.1) is 0 Å². The van der Waals surface area contributed by atoms with Crippen LogP contribution in [-0.4, -0.2) is 37.4 Å². The fourth-order valence-electron chi connectivity index (χ4n) is 3.08. The Morgan fingerprint density at radius 3 is 1.94 bits per heavy atom. The first-order valence-corrected chi connectivity index (χ1v) is 10.0. The molecule has 0 heterocycles. The molecule has 3 N–H and O–H groups in total. The number of methoxy groups -OCH3 is 3. The van der Waals surface area contributed by atoms with Gasteiger partial charge in [-0.05, 0) is 59.2 Å². The van der Waals surface area contributed by atoms with Crippen LogP contribution in [0.3, 0.4) is 0 Å². The SMILES string of the molecule is COc1cc(C=Cc2ccc(NC(=O)/C=C/c3ccc(O)cc3)c(O)c2)cc(OC)c1OC. The highest BCUT2D eigenvalue weighted by Gasteiger charge is 2.12. The van der Waals surface area contributed by atoms with Crippen LogP contribution < -0.4 is 19.5 Å². The van der Waals surface area contributed by atoms with E-state index >= 15 is 0 Å². The number of hydrogen-bond acceptors (Lipinski definition) is 6. The molecule has 7 heteroatoms. The summed E-state index contributed by atoms with van der Waals surface area (Å²) in [4.78, 5) is 12.2. The number of benzene rings is 3. The standard InChI is InChI=1S/C26H25NO6/c1-31-23-15-19(16-24(32-2)26(23)33-3)5-4-18-8-12-21(22(29)14-18)27-25(30)13-9-17-6-10-20(28)11-7-17/h4-16,28-29H,1-3H3,(H,27,30)/b5-4?,13-9+. The molecule has 0 unspecified atom stereocenters. The fourth-order valence-corrected chi connectivity index (χ4v) is 3.08. The van der Waals surface area contributed by atoms with Gasteiger partial charge in [0.15, 0.2) is 11.5 Å². The van der Waals surface area contributed by atoms with Crippen LogP contribution in [0.5, 0.6) is 28.7 Å². The third-order valence-electron chi connectivity index (χ3n) is 4.76. The smallest absolute Gasteiger partial charge is 0.248 e. The van der Waals surface area contributed by atoms with Gasteiger partial charge in [-0.25, -0.2) is 0 Å². The van der Waals surface area contributed by atoms with Gasteiger partial charge in [-0.2, -0.15) is 0 Å². The van der Waals surface area contributed by atoms with Gasteiger partial charge in [-0.15, -0.1) is 0 Å². The van der Waals surface area contributed by atoms with Crippen LogP contribution in [0.15, 0.2) is 60.7 Å². The van der Waals surface area contributed by atoms with Gasteiger partial charge in [0.2, 0.25) is 11.7 Å². The van der Waals surface area contributed by atoms with E-state index in [1.165, 1.54) is 18.2 Å². The normalized spacial score (nSPS) is 11.0. The van der Waals surface area contributed by atoms with E-state index in [2.05, 4.69) is 5.32 Å². The van der Waals surface area contributed by atoms with Crippen molar-refractivity contribution in [1.29, 1.82) is 0 Å². The van der Waals surface area contributed by atoms with Crippen molar-refractivity contribution in [3.63, 3.8) is 0 Å². The summed E-state index contributed by atoms with van der Waals surface area (Å²) >= 11 is 0. The first-order valence-electron chi connectivity index (χ1n) is 10.0. The molecule has 0 aliphatic rings. The van der Waals surface area contributed by atoms with Crippen LogP contribution >= 0.6 is 0 Å². The Morgan fingerprint density at radius 2 is 1.36 bits per heavy atom. The van der Waals surface area contributed by atoms with Crippen molar-refractivity contribution in [2.75, 3.05) is 26.6 Å². The molecule has 0 fully saturated rings. The predicted molar refractivity (Wildman–Crippen MR) is 129 cm³/mol. The van der Waals surface area contributed by atoms with Gasteiger partial charge in [0.25, 0.3) is 0 Å². The van der Waals surface area contributed by atoms with E-state index in [1.807, 2.05) is 24.3 Å². The molecule has 0 radical (unpaired) electrons. The summed E-state index contributed by atoms with van der Waals surface area (Å²) < 4.78 is 16.0. The van der Waals surface area contributed by atoms with Gasteiger partial charge < -0.3 is 29.7 Å². The van der Waals surface area contributed by atoms with Gasteiger partial charge in [-0.3, -0.25) is 4.79 Å². The highest BCUT2D eigenvalue weighted by molar-refractivity contribution is 6.02. The number of carbonyl (C=O) groups is 1. The second-order valence-corrected chi connectivity index (χ2v) is 6.98. The summed E-state index contributed by atoms with van der Waals surface area (Å²) in [5, 5.41) is 22.3. The van der Waals surface area contributed by atoms with Crippen molar-refractivity contribution in [2.24, 2.45) is 0 Å². The molecule has 3 aromatic carbocycles. The zero-order chi connectivity index (χ0) is 23.8. The summed E-state index contributed by atoms with van der Waals surface area (Å²) in [6.07, 6.45) is 6.62. The van der Waals surface area contributed by atoms with Gasteiger partial charge in [0.05, 0.1) is 27.0 Å².